The number of ether oxygens (including phenoxy) is 1. The molecule has 5 rings (SSSR count). The molecule has 222 valence electrons. The lowest BCUT2D eigenvalue weighted by Crippen LogP contribution is -2.49. The molecule has 0 fully saturated rings. The summed E-state index contributed by atoms with van der Waals surface area (Å²) in [6.45, 7) is 2.36. The smallest absolute Gasteiger partial charge is 0.258 e. The van der Waals surface area contributed by atoms with Crippen LogP contribution < -0.4 is 15.4 Å². The molecule has 4 aromatic carbocycles. The summed E-state index contributed by atoms with van der Waals surface area (Å²) in [6.07, 6.45) is -0.138. The quantitative estimate of drug-likeness (QED) is 0.167. The van der Waals surface area contributed by atoms with Gasteiger partial charge < -0.3 is 24.9 Å². The number of para-hydroxylation sites is 3. The summed E-state index contributed by atoms with van der Waals surface area (Å²) in [7, 11) is 0. The number of fused-ring (bicyclic) bond motifs is 1. The van der Waals surface area contributed by atoms with Crippen LogP contribution in [0.3, 0.4) is 0 Å². The van der Waals surface area contributed by atoms with E-state index in [4.69, 9.17) is 9.15 Å². The van der Waals surface area contributed by atoms with Gasteiger partial charge in [-0.15, -0.1) is 0 Å². The van der Waals surface area contributed by atoms with Gasteiger partial charge in [0.25, 0.3) is 5.91 Å². The second-order valence-corrected chi connectivity index (χ2v) is 10.3. The van der Waals surface area contributed by atoms with E-state index in [9.17, 15) is 18.7 Å². The highest BCUT2D eigenvalue weighted by Gasteiger charge is 2.23. The molecule has 0 aliphatic heterocycles. The minimum absolute atomic E-state index is 0.00801. The lowest BCUT2D eigenvalue weighted by molar-refractivity contribution is -0.124. The van der Waals surface area contributed by atoms with E-state index in [1.54, 1.807) is 18.2 Å². The zero-order chi connectivity index (χ0) is 30.2. The Balaban J connectivity index is 1.25. The highest BCUT2D eigenvalue weighted by atomic mass is 19.1. The number of carbonyl (C=O) groups excluding carboxylic acids is 1. The molecule has 1 aromatic heterocycles. The molecule has 0 unspecified atom stereocenters. The van der Waals surface area contributed by atoms with E-state index in [0.29, 0.717) is 40.4 Å². The van der Waals surface area contributed by atoms with Gasteiger partial charge in [0.2, 0.25) is 5.89 Å². The normalized spacial score (nSPS) is 12.7. The zero-order valence-corrected chi connectivity index (χ0v) is 23.7. The molecule has 0 aliphatic rings. The van der Waals surface area contributed by atoms with E-state index < -0.39 is 29.7 Å². The van der Waals surface area contributed by atoms with Gasteiger partial charge in [-0.3, -0.25) is 4.79 Å². The maximum Gasteiger partial charge on any atom is 0.258 e. The lowest BCUT2D eigenvalue weighted by Gasteiger charge is -2.25. The van der Waals surface area contributed by atoms with Gasteiger partial charge in [0, 0.05) is 19.2 Å². The molecule has 0 aliphatic carbocycles. The molecule has 0 spiro atoms. The van der Waals surface area contributed by atoms with Gasteiger partial charge in [-0.2, -0.15) is 0 Å². The Hall–Kier alpha value is -4.60. The number of aliphatic hydroxyl groups is 1. The zero-order valence-electron chi connectivity index (χ0n) is 23.7. The summed E-state index contributed by atoms with van der Waals surface area (Å²) in [4.78, 5) is 17.6. The van der Waals surface area contributed by atoms with E-state index >= 15 is 0 Å². The number of nitrogens with zero attached hydrogens (tertiary/aromatic N) is 1. The summed E-state index contributed by atoms with van der Waals surface area (Å²) >= 11 is 0. The van der Waals surface area contributed by atoms with Crippen molar-refractivity contribution in [1.29, 1.82) is 0 Å². The number of amides is 1. The number of hydrogen-bond acceptors (Lipinski definition) is 6. The molecule has 2 atom stereocenters. The van der Waals surface area contributed by atoms with Gasteiger partial charge in [-0.05, 0) is 65.9 Å². The number of rotatable bonds is 13. The van der Waals surface area contributed by atoms with Gasteiger partial charge >= 0.3 is 0 Å². The monoisotopic (exact) mass is 585 g/mol. The predicted molar refractivity (Wildman–Crippen MR) is 160 cm³/mol. The maximum absolute atomic E-state index is 13.9. The highest BCUT2D eigenvalue weighted by molar-refractivity contribution is 5.79. The van der Waals surface area contributed by atoms with Crippen LogP contribution in [0.2, 0.25) is 0 Å². The standard InChI is InChI=1S/C34H33F2N3O4/c1-2-22-8-7-9-23(14-22)19-37-20-30(40)29(17-24-15-25(35)18-26(36)16-24)38-33(41)21-42-31-12-5-3-10-27(31)34-39-28-11-4-6-13-32(28)43-34/h3-16,18,29-30,37,40H,2,17,19-21H2,1H3,(H,38,41)/t29-,30+/m0/s1. The molecule has 0 saturated heterocycles. The van der Waals surface area contributed by atoms with Crippen LogP contribution in [0.15, 0.2) is 95.4 Å². The Bertz CT molecular complexity index is 1640. The number of halogens is 2. The number of nitrogens with one attached hydrogen (secondary N) is 2. The number of benzene rings is 4. The van der Waals surface area contributed by atoms with E-state index in [0.717, 1.165) is 18.1 Å². The van der Waals surface area contributed by atoms with Crippen LogP contribution in [0.25, 0.3) is 22.6 Å². The Morgan fingerprint density at radius 2 is 1.67 bits per heavy atom. The van der Waals surface area contributed by atoms with Crippen LogP contribution in [0.1, 0.15) is 23.6 Å². The minimum atomic E-state index is -1.06. The van der Waals surface area contributed by atoms with E-state index in [2.05, 4.69) is 34.7 Å². The SMILES string of the molecule is CCc1cccc(CNC[C@@H](O)[C@H](Cc2cc(F)cc(F)c2)NC(=O)COc2ccccc2-c2nc3ccccc3o2)c1. The molecule has 0 radical (unpaired) electrons. The molecule has 5 aromatic rings. The first-order valence-electron chi connectivity index (χ1n) is 14.2. The van der Waals surface area contributed by atoms with Gasteiger partial charge in [0.05, 0.1) is 17.7 Å². The number of aryl methyl sites for hydroxylation is 1. The molecule has 0 bridgehead atoms. The van der Waals surface area contributed by atoms with Crippen molar-refractivity contribution in [2.24, 2.45) is 0 Å². The van der Waals surface area contributed by atoms with Gasteiger partial charge in [-0.25, -0.2) is 13.8 Å². The van der Waals surface area contributed by atoms with Crippen molar-refractivity contribution in [1.82, 2.24) is 15.6 Å². The summed E-state index contributed by atoms with van der Waals surface area (Å²) in [5, 5.41) is 17.1. The number of aliphatic hydroxyl groups excluding tert-OH is 1. The van der Waals surface area contributed by atoms with Gasteiger partial charge in [0.15, 0.2) is 12.2 Å². The number of carbonyl (C=O) groups is 1. The number of aromatic nitrogens is 1. The van der Waals surface area contributed by atoms with Crippen LogP contribution >= 0.6 is 0 Å². The average Bonchev–Trinajstić information content (AvgIpc) is 3.44. The lowest BCUT2D eigenvalue weighted by atomic mass is 10.0. The van der Waals surface area contributed by atoms with Crippen molar-refractivity contribution in [3.63, 3.8) is 0 Å². The van der Waals surface area contributed by atoms with Crippen LogP contribution in [-0.4, -0.2) is 41.3 Å². The van der Waals surface area contributed by atoms with Crippen LogP contribution in [-0.2, 0) is 24.2 Å². The first-order chi connectivity index (χ1) is 20.9. The third kappa shape index (κ3) is 8.03. The Morgan fingerprint density at radius 3 is 2.47 bits per heavy atom. The number of oxazole rings is 1. The van der Waals surface area contributed by atoms with Crippen molar-refractivity contribution in [3.05, 3.63) is 119 Å². The maximum atomic E-state index is 13.9. The molecule has 9 heteroatoms. The second-order valence-electron chi connectivity index (χ2n) is 10.3. The third-order valence-corrected chi connectivity index (χ3v) is 7.04. The fourth-order valence-electron chi connectivity index (χ4n) is 4.88. The summed E-state index contributed by atoms with van der Waals surface area (Å²) in [5.74, 6) is -1.23. The Kier molecular flexibility index (Phi) is 9.76. The molecule has 3 N–H and O–H groups in total. The van der Waals surface area contributed by atoms with Crippen LogP contribution in [0.5, 0.6) is 5.75 Å². The van der Waals surface area contributed by atoms with E-state index in [-0.39, 0.29) is 19.6 Å². The Labute approximate surface area is 248 Å². The van der Waals surface area contributed by atoms with Gasteiger partial charge in [-0.1, -0.05) is 55.5 Å². The van der Waals surface area contributed by atoms with Crippen LogP contribution in [0.4, 0.5) is 8.78 Å². The molecule has 43 heavy (non-hydrogen) atoms. The molecule has 7 nitrogen and oxygen atoms in total. The van der Waals surface area contributed by atoms with E-state index in [1.807, 2.05) is 42.5 Å². The van der Waals surface area contributed by atoms with Gasteiger partial charge in [0.1, 0.15) is 22.9 Å². The van der Waals surface area contributed by atoms with Crippen molar-refractivity contribution >= 4 is 17.0 Å². The molecule has 0 saturated carbocycles. The minimum Gasteiger partial charge on any atom is -0.483 e. The first-order valence-corrected chi connectivity index (χ1v) is 14.2. The summed E-state index contributed by atoms with van der Waals surface area (Å²) < 4.78 is 39.5. The van der Waals surface area contributed by atoms with Crippen molar-refractivity contribution in [3.8, 4) is 17.2 Å². The summed E-state index contributed by atoms with van der Waals surface area (Å²) in [5.41, 5.74) is 4.47. The Morgan fingerprint density at radius 1 is 0.930 bits per heavy atom. The highest BCUT2D eigenvalue weighted by Crippen LogP contribution is 2.31. The number of hydrogen-bond donors (Lipinski definition) is 3. The predicted octanol–water partition coefficient (Wildman–Crippen LogP) is 5.59. The van der Waals surface area contributed by atoms with E-state index in [1.165, 1.54) is 17.7 Å². The molecular weight excluding hydrogens is 552 g/mol. The topological polar surface area (TPSA) is 96.6 Å². The fourth-order valence-corrected chi connectivity index (χ4v) is 4.88. The molecule has 1 heterocycles. The average molecular weight is 586 g/mol. The summed E-state index contributed by atoms with van der Waals surface area (Å²) in [6, 6.07) is 24.9. The third-order valence-electron chi connectivity index (χ3n) is 7.04. The second kappa shape index (κ2) is 14.0. The van der Waals surface area contributed by atoms with Crippen molar-refractivity contribution in [2.75, 3.05) is 13.2 Å². The van der Waals surface area contributed by atoms with Crippen molar-refractivity contribution < 1.29 is 27.8 Å². The largest absolute Gasteiger partial charge is 0.483 e. The van der Waals surface area contributed by atoms with Crippen molar-refractivity contribution in [2.45, 2.75) is 38.5 Å². The van der Waals surface area contributed by atoms with Crippen LogP contribution in [0, 0.1) is 11.6 Å². The molecule has 1 amide bonds. The first kappa shape index (κ1) is 29.9. The fraction of sp³-hybridized carbons (Fsp3) is 0.235. The molecular formula is C34H33F2N3O4.